The van der Waals surface area contributed by atoms with E-state index in [2.05, 4.69) is 4.90 Å². The lowest BCUT2D eigenvalue weighted by Crippen LogP contribution is -2.59. The van der Waals surface area contributed by atoms with Gasteiger partial charge in [-0.2, -0.15) is 18.4 Å². The van der Waals surface area contributed by atoms with E-state index in [1.165, 1.54) is 6.07 Å². The summed E-state index contributed by atoms with van der Waals surface area (Å²) in [5.41, 5.74) is -2.54. The molecule has 2 saturated heterocycles. The first kappa shape index (κ1) is 16.2. The molecule has 0 aromatic heterocycles. The molecule has 2 fully saturated rings. The van der Waals surface area contributed by atoms with Gasteiger partial charge in [0, 0.05) is 12.1 Å². The van der Waals surface area contributed by atoms with Crippen LogP contribution < -0.4 is 0 Å². The van der Waals surface area contributed by atoms with E-state index in [0.717, 1.165) is 12.1 Å². The van der Waals surface area contributed by atoms with Crippen molar-refractivity contribution < 1.29 is 23.0 Å². The highest BCUT2D eigenvalue weighted by molar-refractivity contribution is 5.44. The molecule has 2 heterocycles. The first-order valence-electron chi connectivity index (χ1n) is 7.38. The maximum Gasteiger partial charge on any atom is 0.417 e. The van der Waals surface area contributed by atoms with Crippen LogP contribution in [0.3, 0.4) is 0 Å². The van der Waals surface area contributed by atoms with Crippen LogP contribution in [0.25, 0.3) is 0 Å². The Kier molecular flexibility index (Phi) is 3.87. The molecular weight excluding hydrogens is 309 g/mol. The molecule has 2 aliphatic heterocycles. The fourth-order valence-electron chi connectivity index (χ4n) is 3.54. The number of morpholine rings is 1. The Hall–Kier alpha value is -1.62. The summed E-state index contributed by atoms with van der Waals surface area (Å²) in [5, 5.41) is 19.9. The third kappa shape index (κ3) is 2.82. The maximum atomic E-state index is 13.1. The van der Waals surface area contributed by atoms with E-state index in [4.69, 9.17) is 10.00 Å². The molecule has 1 aromatic rings. The van der Waals surface area contributed by atoms with Gasteiger partial charge in [-0.05, 0) is 37.6 Å². The highest BCUT2D eigenvalue weighted by Gasteiger charge is 2.46. The van der Waals surface area contributed by atoms with Crippen molar-refractivity contribution in [2.45, 2.75) is 36.7 Å². The van der Waals surface area contributed by atoms with Gasteiger partial charge in [-0.25, -0.2) is 0 Å². The lowest BCUT2D eigenvalue weighted by atomic mass is 9.76. The summed E-state index contributed by atoms with van der Waals surface area (Å²) in [6.45, 7) is 0.912. The number of rotatable bonds is 1. The molecule has 7 heteroatoms. The van der Waals surface area contributed by atoms with Crippen molar-refractivity contribution in [2.24, 2.45) is 0 Å². The number of ether oxygens (including phenoxy) is 1. The monoisotopic (exact) mass is 326 g/mol. The molecule has 4 nitrogen and oxygen atoms in total. The van der Waals surface area contributed by atoms with Gasteiger partial charge in [-0.3, -0.25) is 4.90 Å². The standard InChI is InChI=1S/C16H17F3N2O2/c1-21-12-5-15(22,6-13(21)9-23-8-12)11-3-2-10(7-20)14(4-11)16(17,18)19/h2-4,12-13,22H,5-6,8-9H2,1H3. The number of nitriles is 1. The third-order valence-electron chi connectivity index (χ3n) is 4.90. The number of nitrogens with zero attached hydrogens (tertiary/aromatic N) is 2. The third-order valence-corrected chi connectivity index (χ3v) is 4.90. The van der Waals surface area contributed by atoms with E-state index < -0.39 is 22.9 Å². The second kappa shape index (κ2) is 5.48. The predicted octanol–water partition coefficient (Wildman–Crippen LogP) is 2.26. The second-order valence-electron chi connectivity index (χ2n) is 6.32. The van der Waals surface area contributed by atoms with Crippen molar-refractivity contribution in [3.05, 3.63) is 34.9 Å². The number of fused-ring (bicyclic) bond motifs is 2. The number of piperidine rings is 1. The SMILES string of the molecule is CN1C2COCC1CC(O)(c1ccc(C#N)c(C(F)(F)F)c1)C2. The zero-order valence-electron chi connectivity index (χ0n) is 12.6. The summed E-state index contributed by atoms with van der Waals surface area (Å²) in [6, 6.07) is 4.98. The zero-order valence-corrected chi connectivity index (χ0v) is 12.6. The molecule has 2 aliphatic rings. The molecular formula is C16H17F3N2O2. The van der Waals surface area contributed by atoms with Crippen molar-refractivity contribution in [1.82, 2.24) is 4.90 Å². The van der Waals surface area contributed by atoms with Gasteiger partial charge in [0.25, 0.3) is 0 Å². The van der Waals surface area contributed by atoms with Crippen LogP contribution in [0.2, 0.25) is 0 Å². The zero-order chi connectivity index (χ0) is 16.8. The van der Waals surface area contributed by atoms with E-state index in [0.29, 0.717) is 26.1 Å². The first-order valence-corrected chi connectivity index (χ1v) is 7.38. The second-order valence-corrected chi connectivity index (χ2v) is 6.32. The molecule has 0 spiro atoms. The summed E-state index contributed by atoms with van der Waals surface area (Å²) in [7, 11) is 1.94. The predicted molar refractivity (Wildman–Crippen MR) is 75.4 cm³/mol. The average Bonchev–Trinajstić information content (AvgIpc) is 2.47. The molecule has 23 heavy (non-hydrogen) atoms. The number of alkyl halides is 3. The summed E-state index contributed by atoms with van der Waals surface area (Å²) >= 11 is 0. The van der Waals surface area contributed by atoms with Gasteiger partial charge in [0.15, 0.2) is 0 Å². The Balaban J connectivity index is 2.00. The first-order chi connectivity index (χ1) is 10.7. The number of hydrogen-bond donors (Lipinski definition) is 1. The van der Waals surface area contributed by atoms with Crippen molar-refractivity contribution in [2.75, 3.05) is 20.3 Å². The van der Waals surface area contributed by atoms with E-state index in [-0.39, 0.29) is 17.6 Å². The highest BCUT2D eigenvalue weighted by Crippen LogP contribution is 2.42. The maximum absolute atomic E-state index is 13.1. The molecule has 2 bridgehead atoms. The van der Waals surface area contributed by atoms with Crippen LogP contribution in [-0.2, 0) is 16.5 Å². The summed E-state index contributed by atoms with van der Waals surface area (Å²) in [6.07, 6.45) is -4.01. The number of likely N-dealkylation sites (N-methyl/N-ethyl adjacent to an activating group) is 1. The Morgan fingerprint density at radius 3 is 2.43 bits per heavy atom. The van der Waals surface area contributed by atoms with Crippen LogP contribution >= 0.6 is 0 Å². The topological polar surface area (TPSA) is 56.5 Å². The minimum Gasteiger partial charge on any atom is -0.385 e. The van der Waals surface area contributed by atoms with Crippen molar-refractivity contribution in [1.29, 1.82) is 5.26 Å². The van der Waals surface area contributed by atoms with Crippen LogP contribution in [-0.4, -0.2) is 42.4 Å². The molecule has 0 amide bonds. The average molecular weight is 326 g/mol. The normalized spacial score (nSPS) is 31.7. The molecule has 124 valence electrons. The van der Waals surface area contributed by atoms with Gasteiger partial charge in [-0.15, -0.1) is 0 Å². The number of hydrogen-bond acceptors (Lipinski definition) is 4. The van der Waals surface area contributed by atoms with Gasteiger partial charge in [0.05, 0.1) is 36.0 Å². The smallest absolute Gasteiger partial charge is 0.385 e. The Morgan fingerprint density at radius 1 is 1.30 bits per heavy atom. The fourth-order valence-corrected chi connectivity index (χ4v) is 3.54. The van der Waals surface area contributed by atoms with Crippen molar-refractivity contribution >= 4 is 0 Å². The minimum atomic E-state index is -4.62. The van der Waals surface area contributed by atoms with Crippen LogP contribution in [0.4, 0.5) is 13.2 Å². The lowest BCUT2D eigenvalue weighted by Gasteiger charge is -2.50. The van der Waals surface area contributed by atoms with Gasteiger partial charge in [0.2, 0.25) is 0 Å². The quantitative estimate of drug-likeness (QED) is 0.860. The molecule has 0 saturated carbocycles. The van der Waals surface area contributed by atoms with Crippen molar-refractivity contribution in [3.8, 4) is 6.07 Å². The Labute approximate surface area is 132 Å². The summed E-state index contributed by atoms with van der Waals surface area (Å²) < 4.78 is 44.9. The van der Waals surface area contributed by atoms with Crippen molar-refractivity contribution in [3.63, 3.8) is 0 Å². The molecule has 1 aromatic carbocycles. The largest absolute Gasteiger partial charge is 0.417 e. The van der Waals surface area contributed by atoms with Crippen LogP contribution in [0.1, 0.15) is 29.5 Å². The van der Waals surface area contributed by atoms with E-state index in [1.807, 2.05) is 7.05 Å². The molecule has 3 rings (SSSR count). The van der Waals surface area contributed by atoms with Gasteiger partial charge >= 0.3 is 6.18 Å². The van der Waals surface area contributed by atoms with E-state index in [1.54, 1.807) is 6.07 Å². The number of halogens is 3. The molecule has 0 radical (unpaired) electrons. The summed E-state index contributed by atoms with van der Waals surface area (Å²) in [4.78, 5) is 2.12. The van der Waals surface area contributed by atoms with Crippen LogP contribution in [0.5, 0.6) is 0 Å². The van der Waals surface area contributed by atoms with Gasteiger partial charge < -0.3 is 9.84 Å². The van der Waals surface area contributed by atoms with Crippen LogP contribution in [0, 0.1) is 11.3 Å². The summed E-state index contributed by atoms with van der Waals surface area (Å²) in [5.74, 6) is 0. The number of benzene rings is 1. The minimum absolute atomic E-state index is 0.0301. The van der Waals surface area contributed by atoms with Gasteiger partial charge in [-0.1, -0.05) is 6.07 Å². The number of aliphatic hydroxyl groups is 1. The molecule has 1 N–H and O–H groups in total. The Bertz CT molecular complexity index is 640. The fraction of sp³-hybridized carbons (Fsp3) is 0.562. The lowest BCUT2D eigenvalue weighted by molar-refractivity contribution is -0.141. The molecule has 0 aliphatic carbocycles. The van der Waals surface area contributed by atoms with Gasteiger partial charge in [0.1, 0.15) is 0 Å². The molecule has 2 unspecified atom stereocenters. The van der Waals surface area contributed by atoms with E-state index in [9.17, 15) is 18.3 Å². The van der Waals surface area contributed by atoms with Crippen LogP contribution in [0.15, 0.2) is 18.2 Å². The highest BCUT2D eigenvalue weighted by atomic mass is 19.4. The van der Waals surface area contributed by atoms with E-state index >= 15 is 0 Å². The Morgan fingerprint density at radius 2 is 1.91 bits per heavy atom. The molecule has 2 atom stereocenters.